The maximum Gasteiger partial charge on any atom is 0.230 e. The van der Waals surface area contributed by atoms with Gasteiger partial charge in [0.05, 0.1) is 124 Å². The summed E-state index contributed by atoms with van der Waals surface area (Å²) in [6, 6.07) is 32.2. The number of hydrogen-bond acceptors (Lipinski definition) is 25. The highest BCUT2D eigenvalue weighted by Crippen LogP contribution is 2.48. The first kappa shape index (κ1) is 90.7. The lowest BCUT2D eigenvalue weighted by molar-refractivity contribution is -0.121. The monoisotopic (exact) mass is 1910 g/mol. The molecule has 140 heavy (non-hydrogen) atoms. The Labute approximate surface area is 798 Å². The van der Waals surface area contributed by atoms with Crippen LogP contribution in [0.25, 0.3) is 28.2 Å². The van der Waals surface area contributed by atoms with Crippen LogP contribution in [-0.2, 0) is 24.0 Å². The summed E-state index contributed by atoms with van der Waals surface area (Å²) in [6.07, 6.45) is 26.4. The minimum Gasteiger partial charge on any atom is -0.492 e. The summed E-state index contributed by atoms with van der Waals surface area (Å²) in [6.45, 7) is 14.1. The van der Waals surface area contributed by atoms with Crippen molar-refractivity contribution in [2.24, 2.45) is 29.6 Å². The van der Waals surface area contributed by atoms with Crippen molar-refractivity contribution >= 4 is 115 Å². The van der Waals surface area contributed by atoms with Crippen molar-refractivity contribution < 1.29 is 69.6 Å². The summed E-state index contributed by atoms with van der Waals surface area (Å²) < 4.78 is 108. The zero-order valence-electron chi connectivity index (χ0n) is 77.2. The van der Waals surface area contributed by atoms with Crippen molar-refractivity contribution in [3.63, 3.8) is 0 Å². The van der Waals surface area contributed by atoms with Crippen LogP contribution >= 0.6 is 0 Å². The third-order valence-electron chi connectivity index (χ3n) is 27.1. The molecule has 2 unspecified atom stereocenters. The SMILES string of the molecule is CC1COc2ccc(F)cc2C2CCCN2c2ccn3ncc(c3n2)NC1=O.C[C@@H]1COc2ccc(F)cc2[C@@H]2CCCN2c2ccn3ncc(c3n2)NC1=O.C[C@@H]1COc2ccc(F)cc2[C@@H]2CCCN2c2ccn3ncc(c3n2)NC1=O.C[C@@H]1COc2ccc(F)cc2[C@H]2CCCN2c2ccn3ncc(c3n2)NC1=O.C[C@H]1COc2ccc(F)cc2[C@H]2CCCN2c2ccn3ncc(c3n2)NC1=O. The molecule has 10 aromatic heterocycles. The van der Waals surface area contributed by atoms with Crippen LogP contribution in [0.15, 0.2) is 183 Å². The third-order valence-corrected chi connectivity index (χ3v) is 27.1. The van der Waals surface area contributed by atoms with Gasteiger partial charge in [-0.2, -0.15) is 25.5 Å². The number of aromatic nitrogens is 15. The standard InChI is InChI=1S/5C20H20FN5O2/c5*1-12-11-28-17-5-4-13(21)9-14(17)16-3-2-7-25(16)18-6-8-26-19(24-18)15(10-22-26)23-20(12)27/h5*4-6,8-10,12,16H,2-3,7,11H2,1H3,(H,23,27)/t3*12-,16+;12-,16-;/m1101./s1. The maximum atomic E-state index is 14.1. The van der Waals surface area contributed by atoms with Gasteiger partial charge >= 0.3 is 0 Å². The number of rotatable bonds is 0. The van der Waals surface area contributed by atoms with Crippen molar-refractivity contribution in [3.05, 3.63) is 240 Å². The molecule has 15 aromatic rings. The Morgan fingerprint density at radius 2 is 0.443 bits per heavy atom. The molecule has 5 aromatic carbocycles. The number of amides is 5. The van der Waals surface area contributed by atoms with Crippen LogP contribution in [0.3, 0.4) is 0 Å². The molecular formula is C100H100F5N25O10. The van der Waals surface area contributed by atoms with Crippen LogP contribution in [0, 0.1) is 58.7 Å². The Kier molecular flexibility index (Phi) is 24.8. The molecule has 40 heteroatoms. The number of carbonyl (C=O) groups is 5. The van der Waals surface area contributed by atoms with Crippen molar-refractivity contribution in [1.29, 1.82) is 0 Å². The number of benzene rings is 5. The Hall–Kier alpha value is -15.8. The second-order valence-electron chi connectivity index (χ2n) is 36.7. The molecule has 0 radical (unpaired) electrons. The summed E-state index contributed by atoms with van der Waals surface area (Å²) in [5, 5.41) is 35.8. The molecule has 10 bridgehead atoms. The van der Waals surface area contributed by atoms with E-state index in [-0.39, 0.29) is 122 Å². The van der Waals surface area contributed by atoms with Gasteiger partial charge in [0.1, 0.15) is 115 Å². The fourth-order valence-electron chi connectivity index (χ4n) is 19.6. The van der Waals surface area contributed by atoms with E-state index < -0.39 is 29.6 Å². The first-order valence-corrected chi connectivity index (χ1v) is 47.2. The van der Waals surface area contributed by atoms with E-state index in [4.69, 9.17) is 48.6 Å². The Morgan fingerprint density at radius 3 is 0.621 bits per heavy atom. The van der Waals surface area contributed by atoms with Gasteiger partial charge in [-0.1, -0.05) is 34.6 Å². The summed E-state index contributed by atoms with van der Waals surface area (Å²) in [5.74, 6) is 2.58. The van der Waals surface area contributed by atoms with Gasteiger partial charge in [-0.05, 0) is 186 Å². The lowest BCUT2D eigenvalue weighted by atomic mass is 10.0. The van der Waals surface area contributed by atoms with E-state index in [1.54, 1.807) is 119 Å². The average Bonchev–Trinajstić information content (AvgIpc) is 1.63. The molecule has 5 fully saturated rings. The van der Waals surface area contributed by atoms with Crippen LogP contribution in [0.5, 0.6) is 28.7 Å². The molecule has 25 rings (SSSR count). The van der Waals surface area contributed by atoms with Crippen molar-refractivity contribution in [2.75, 3.05) is 117 Å². The first-order chi connectivity index (χ1) is 68.0. The number of nitrogens with one attached hydrogen (secondary N) is 5. The van der Waals surface area contributed by atoms with E-state index in [1.807, 2.05) is 61.3 Å². The molecule has 20 heterocycles. The Bertz CT molecular complexity index is 6310. The van der Waals surface area contributed by atoms with Gasteiger partial charge in [-0.15, -0.1) is 0 Å². The molecule has 5 saturated heterocycles. The quantitative estimate of drug-likeness (QED) is 0.0880. The number of nitrogens with zero attached hydrogens (tertiary/aromatic N) is 20. The normalized spacial score (nSPS) is 21.9. The molecule has 5 amide bonds. The summed E-state index contributed by atoms with van der Waals surface area (Å²) in [7, 11) is 0. The zero-order valence-corrected chi connectivity index (χ0v) is 77.2. The number of halogens is 5. The number of ether oxygens (including phenoxy) is 5. The van der Waals surface area contributed by atoms with Crippen molar-refractivity contribution in [3.8, 4) is 28.7 Å². The highest BCUT2D eigenvalue weighted by atomic mass is 19.1. The van der Waals surface area contributed by atoms with E-state index in [0.29, 0.717) is 85.4 Å². The first-order valence-electron chi connectivity index (χ1n) is 47.2. The van der Waals surface area contributed by atoms with Crippen molar-refractivity contribution in [1.82, 2.24) is 73.0 Å². The molecule has 0 aliphatic carbocycles. The van der Waals surface area contributed by atoms with Gasteiger partial charge in [-0.25, -0.2) is 69.4 Å². The molecule has 0 saturated carbocycles. The topological polar surface area (TPSA) is 359 Å². The maximum absolute atomic E-state index is 14.1. The van der Waals surface area contributed by atoms with E-state index in [9.17, 15) is 45.9 Å². The van der Waals surface area contributed by atoms with Gasteiger partial charge in [0, 0.05) is 91.5 Å². The fourth-order valence-corrected chi connectivity index (χ4v) is 19.6. The number of fused-ring (bicyclic) bond motifs is 25. The second-order valence-corrected chi connectivity index (χ2v) is 36.7. The highest BCUT2D eigenvalue weighted by molar-refractivity contribution is 5.99. The third kappa shape index (κ3) is 18.2. The number of anilines is 10. The van der Waals surface area contributed by atoms with Gasteiger partial charge < -0.3 is 74.8 Å². The summed E-state index contributed by atoms with van der Waals surface area (Å²) in [4.78, 5) is 97.5. The fraction of sp³-hybridized carbons (Fsp3) is 0.350. The van der Waals surface area contributed by atoms with Crippen LogP contribution in [0.2, 0.25) is 0 Å². The molecule has 10 aliphatic rings. The van der Waals surface area contributed by atoms with Crippen LogP contribution in [0.1, 0.15) is 157 Å². The van der Waals surface area contributed by atoms with Crippen LogP contribution in [0.4, 0.5) is 79.5 Å². The minimum absolute atomic E-state index is 0.0354. The second kappa shape index (κ2) is 38.3. The van der Waals surface area contributed by atoms with E-state index in [0.717, 1.165) is 154 Å². The van der Waals surface area contributed by atoms with E-state index >= 15 is 0 Å². The van der Waals surface area contributed by atoms with Crippen LogP contribution in [-0.4, -0.2) is 168 Å². The highest BCUT2D eigenvalue weighted by Gasteiger charge is 2.39. The van der Waals surface area contributed by atoms with Gasteiger partial charge in [0.15, 0.2) is 28.2 Å². The smallest absolute Gasteiger partial charge is 0.230 e. The molecule has 10 atom stereocenters. The molecular weight excluding hydrogens is 1810 g/mol. The number of hydrogen-bond donors (Lipinski definition) is 5. The zero-order chi connectivity index (χ0) is 96.3. The minimum atomic E-state index is -0.392. The largest absolute Gasteiger partial charge is 0.492 e. The molecule has 720 valence electrons. The average molecular weight is 1910 g/mol. The molecule has 10 aliphatic heterocycles. The number of carbonyl (C=O) groups excluding carboxylic acids is 5. The van der Waals surface area contributed by atoms with E-state index in [1.165, 1.54) is 60.7 Å². The lowest BCUT2D eigenvalue weighted by Gasteiger charge is -2.27. The van der Waals surface area contributed by atoms with E-state index in [2.05, 4.69) is 76.6 Å². The van der Waals surface area contributed by atoms with Crippen molar-refractivity contribution in [2.45, 2.75) is 129 Å². The van der Waals surface area contributed by atoms with Gasteiger partial charge in [0.25, 0.3) is 0 Å². The molecule has 35 nitrogen and oxygen atoms in total. The van der Waals surface area contributed by atoms with Gasteiger partial charge in [-0.3, -0.25) is 24.0 Å². The summed E-state index contributed by atoms with van der Waals surface area (Å²) >= 11 is 0. The summed E-state index contributed by atoms with van der Waals surface area (Å²) in [5.41, 5.74) is 9.72. The van der Waals surface area contributed by atoms with Crippen LogP contribution < -0.4 is 74.8 Å². The molecule has 5 N–H and O–H groups in total. The lowest BCUT2D eigenvalue weighted by Crippen LogP contribution is -2.26. The molecule has 0 spiro atoms. The Morgan fingerprint density at radius 1 is 0.264 bits per heavy atom. The predicted molar refractivity (Wildman–Crippen MR) is 510 cm³/mol. The predicted octanol–water partition coefficient (Wildman–Crippen LogP) is 15.9. The van der Waals surface area contributed by atoms with Gasteiger partial charge in [0.2, 0.25) is 29.5 Å². The Balaban J connectivity index is 0.000000104.